The summed E-state index contributed by atoms with van der Waals surface area (Å²) in [5, 5.41) is 11.0. The number of rotatable bonds is 5. The SMILES string of the molecule is CCOC(=O)C[C@](O)(c1ccccc1)c1cccnc1. The van der Waals surface area contributed by atoms with E-state index in [1.165, 1.54) is 0 Å². The zero-order valence-corrected chi connectivity index (χ0v) is 11.3. The number of aromatic nitrogens is 1. The Morgan fingerprint density at radius 1 is 1.20 bits per heavy atom. The van der Waals surface area contributed by atoms with Crippen LogP contribution in [0.2, 0.25) is 0 Å². The van der Waals surface area contributed by atoms with Gasteiger partial charge in [0, 0.05) is 18.0 Å². The molecule has 1 N–H and O–H groups in total. The number of ether oxygens (including phenoxy) is 1. The number of nitrogens with zero attached hydrogens (tertiary/aromatic N) is 1. The van der Waals surface area contributed by atoms with E-state index in [0.717, 1.165) is 0 Å². The molecule has 1 heterocycles. The first-order valence-electron chi connectivity index (χ1n) is 6.51. The van der Waals surface area contributed by atoms with E-state index < -0.39 is 11.6 Å². The van der Waals surface area contributed by atoms with Crippen molar-refractivity contribution in [2.24, 2.45) is 0 Å². The predicted molar refractivity (Wildman–Crippen MR) is 74.9 cm³/mol. The second kappa shape index (κ2) is 6.30. The first-order valence-corrected chi connectivity index (χ1v) is 6.51. The fourth-order valence-corrected chi connectivity index (χ4v) is 2.11. The van der Waals surface area contributed by atoms with Crippen LogP contribution in [0.4, 0.5) is 0 Å². The van der Waals surface area contributed by atoms with Crippen molar-refractivity contribution in [1.29, 1.82) is 0 Å². The van der Waals surface area contributed by atoms with Crippen LogP contribution in [0.5, 0.6) is 0 Å². The second-order valence-corrected chi connectivity index (χ2v) is 4.45. The molecule has 0 radical (unpaired) electrons. The van der Waals surface area contributed by atoms with Gasteiger partial charge in [0.15, 0.2) is 0 Å². The van der Waals surface area contributed by atoms with Crippen LogP contribution in [0, 0.1) is 0 Å². The summed E-state index contributed by atoms with van der Waals surface area (Å²) < 4.78 is 4.96. The fourth-order valence-electron chi connectivity index (χ4n) is 2.11. The molecule has 1 atom stereocenters. The Kier molecular flexibility index (Phi) is 4.48. The molecule has 104 valence electrons. The minimum Gasteiger partial charge on any atom is -0.466 e. The molecular weight excluding hydrogens is 254 g/mol. The number of pyridine rings is 1. The average Bonchev–Trinajstić information content (AvgIpc) is 2.49. The van der Waals surface area contributed by atoms with Crippen LogP contribution < -0.4 is 0 Å². The van der Waals surface area contributed by atoms with E-state index in [-0.39, 0.29) is 13.0 Å². The summed E-state index contributed by atoms with van der Waals surface area (Å²) in [4.78, 5) is 15.8. The monoisotopic (exact) mass is 271 g/mol. The zero-order valence-electron chi connectivity index (χ0n) is 11.3. The summed E-state index contributed by atoms with van der Waals surface area (Å²) >= 11 is 0. The molecular formula is C16H17NO3. The third-order valence-corrected chi connectivity index (χ3v) is 3.10. The van der Waals surface area contributed by atoms with Crippen LogP contribution in [0.1, 0.15) is 24.5 Å². The highest BCUT2D eigenvalue weighted by Crippen LogP contribution is 2.32. The van der Waals surface area contributed by atoms with Gasteiger partial charge in [-0.3, -0.25) is 9.78 Å². The average molecular weight is 271 g/mol. The topological polar surface area (TPSA) is 59.4 Å². The molecule has 0 unspecified atom stereocenters. The van der Waals surface area contributed by atoms with Gasteiger partial charge in [-0.25, -0.2) is 0 Å². The molecule has 2 aromatic rings. The summed E-state index contributed by atoms with van der Waals surface area (Å²) in [6, 6.07) is 12.5. The van der Waals surface area contributed by atoms with Crippen molar-refractivity contribution in [1.82, 2.24) is 4.98 Å². The Morgan fingerprint density at radius 2 is 1.90 bits per heavy atom. The summed E-state index contributed by atoms with van der Waals surface area (Å²) in [7, 11) is 0. The van der Waals surface area contributed by atoms with Gasteiger partial charge in [0.05, 0.1) is 13.0 Å². The van der Waals surface area contributed by atoms with Gasteiger partial charge < -0.3 is 9.84 Å². The van der Waals surface area contributed by atoms with E-state index >= 15 is 0 Å². The molecule has 1 aromatic heterocycles. The number of carbonyl (C=O) groups excluding carboxylic acids is 1. The molecule has 0 saturated heterocycles. The molecule has 0 amide bonds. The Labute approximate surface area is 118 Å². The molecule has 0 aliphatic heterocycles. The fraction of sp³-hybridized carbons (Fsp3) is 0.250. The minimum absolute atomic E-state index is 0.142. The first-order chi connectivity index (χ1) is 9.66. The van der Waals surface area contributed by atoms with Crippen molar-refractivity contribution in [3.8, 4) is 0 Å². The van der Waals surface area contributed by atoms with E-state index in [1.54, 1.807) is 43.6 Å². The normalized spacial score (nSPS) is 13.5. The first kappa shape index (κ1) is 14.2. The minimum atomic E-state index is -1.43. The van der Waals surface area contributed by atoms with E-state index in [9.17, 15) is 9.90 Å². The zero-order chi connectivity index (χ0) is 14.4. The summed E-state index contributed by atoms with van der Waals surface area (Å²) in [5.74, 6) is -0.442. The lowest BCUT2D eigenvalue weighted by Crippen LogP contribution is -2.31. The molecule has 4 nitrogen and oxygen atoms in total. The van der Waals surface area contributed by atoms with Gasteiger partial charge in [0.2, 0.25) is 0 Å². The molecule has 0 bridgehead atoms. The molecule has 0 aliphatic rings. The number of carbonyl (C=O) groups is 1. The van der Waals surface area contributed by atoms with Crippen molar-refractivity contribution in [3.05, 3.63) is 66.0 Å². The van der Waals surface area contributed by atoms with Crippen molar-refractivity contribution in [3.63, 3.8) is 0 Å². The summed E-state index contributed by atoms with van der Waals surface area (Å²) in [6.45, 7) is 2.03. The quantitative estimate of drug-likeness (QED) is 0.847. The number of hydrogen-bond donors (Lipinski definition) is 1. The van der Waals surface area contributed by atoms with Crippen LogP contribution in [-0.2, 0) is 15.1 Å². The maximum Gasteiger partial charge on any atom is 0.309 e. The van der Waals surface area contributed by atoms with Crippen LogP contribution in [0.15, 0.2) is 54.9 Å². The maximum atomic E-state index is 11.8. The van der Waals surface area contributed by atoms with E-state index in [2.05, 4.69) is 4.98 Å². The van der Waals surface area contributed by atoms with Gasteiger partial charge in [-0.05, 0) is 18.6 Å². The number of aliphatic hydroxyl groups is 1. The lowest BCUT2D eigenvalue weighted by Gasteiger charge is -2.28. The molecule has 0 saturated carbocycles. The van der Waals surface area contributed by atoms with Crippen molar-refractivity contribution in [2.75, 3.05) is 6.61 Å². The van der Waals surface area contributed by atoms with Crippen molar-refractivity contribution in [2.45, 2.75) is 18.9 Å². The van der Waals surface area contributed by atoms with Gasteiger partial charge in [0.1, 0.15) is 5.60 Å². The molecule has 1 aromatic carbocycles. The highest BCUT2D eigenvalue weighted by molar-refractivity contribution is 5.72. The third kappa shape index (κ3) is 3.03. The van der Waals surface area contributed by atoms with Crippen molar-refractivity contribution >= 4 is 5.97 Å². The van der Waals surface area contributed by atoms with Crippen LogP contribution >= 0.6 is 0 Å². The van der Waals surface area contributed by atoms with E-state index in [0.29, 0.717) is 11.1 Å². The summed E-state index contributed by atoms with van der Waals surface area (Å²) in [5.41, 5.74) is -0.220. The van der Waals surface area contributed by atoms with Gasteiger partial charge in [-0.2, -0.15) is 0 Å². The van der Waals surface area contributed by atoms with E-state index in [1.807, 2.05) is 18.2 Å². The van der Waals surface area contributed by atoms with Gasteiger partial charge in [-0.15, -0.1) is 0 Å². The number of esters is 1. The highest BCUT2D eigenvalue weighted by Gasteiger charge is 2.35. The molecule has 20 heavy (non-hydrogen) atoms. The highest BCUT2D eigenvalue weighted by atomic mass is 16.5. The van der Waals surface area contributed by atoms with Gasteiger partial charge in [-0.1, -0.05) is 36.4 Å². The van der Waals surface area contributed by atoms with Crippen LogP contribution in [-0.4, -0.2) is 22.7 Å². The Morgan fingerprint density at radius 3 is 2.50 bits per heavy atom. The van der Waals surface area contributed by atoms with Gasteiger partial charge >= 0.3 is 5.97 Å². The Bertz CT molecular complexity index is 515. The molecule has 0 aliphatic carbocycles. The van der Waals surface area contributed by atoms with E-state index in [4.69, 9.17) is 4.74 Å². The molecule has 4 heteroatoms. The number of hydrogen-bond acceptors (Lipinski definition) is 4. The molecule has 0 fully saturated rings. The van der Waals surface area contributed by atoms with Crippen LogP contribution in [0.3, 0.4) is 0 Å². The van der Waals surface area contributed by atoms with Gasteiger partial charge in [0.25, 0.3) is 0 Å². The van der Waals surface area contributed by atoms with Crippen molar-refractivity contribution < 1.29 is 14.6 Å². The molecule has 2 rings (SSSR count). The predicted octanol–water partition coefficient (Wildman–Crippen LogP) is 2.27. The standard InChI is InChI=1S/C16H17NO3/c1-2-20-15(18)11-16(19,13-7-4-3-5-8-13)14-9-6-10-17-12-14/h3-10,12,19H,2,11H2,1H3/t16-/m0/s1. The molecule has 0 spiro atoms. The Hall–Kier alpha value is -2.20. The lowest BCUT2D eigenvalue weighted by molar-refractivity contribution is -0.147. The van der Waals surface area contributed by atoms with Crippen LogP contribution in [0.25, 0.3) is 0 Å². The number of benzene rings is 1. The Balaban J connectivity index is 2.41. The third-order valence-electron chi connectivity index (χ3n) is 3.10. The largest absolute Gasteiger partial charge is 0.466 e. The maximum absolute atomic E-state index is 11.8. The summed E-state index contributed by atoms with van der Waals surface area (Å²) in [6.07, 6.45) is 3.04. The lowest BCUT2D eigenvalue weighted by atomic mass is 9.84. The second-order valence-electron chi connectivity index (χ2n) is 4.45. The smallest absolute Gasteiger partial charge is 0.309 e.